The predicted octanol–water partition coefficient (Wildman–Crippen LogP) is 3.50. The maximum absolute atomic E-state index is 14.9. The molecule has 3 rings (SSSR count). The summed E-state index contributed by atoms with van der Waals surface area (Å²) in [7, 11) is 0.231. The Kier molecular flexibility index (Phi) is 6.92. The van der Waals surface area contributed by atoms with Crippen LogP contribution in [0.5, 0.6) is 5.88 Å². The Morgan fingerprint density at radius 1 is 1.30 bits per heavy atom. The molecule has 0 radical (unpaired) electrons. The van der Waals surface area contributed by atoms with Gasteiger partial charge in [0.05, 0.1) is 18.7 Å². The minimum atomic E-state index is -1.11. The van der Waals surface area contributed by atoms with Crippen LogP contribution in [0.2, 0.25) is 25.7 Å². The molecule has 0 spiro atoms. The number of aromatic nitrogens is 3. The highest BCUT2D eigenvalue weighted by Gasteiger charge is 2.33. The van der Waals surface area contributed by atoms with Crippen molar-refractivity contribution >= 4 is 14.0 Å². The first kappa shape index (κ1) is 22.4. The predicted molar refractivity (Wildman–Crippen MR) is 113 cm³/mol. The van der Waals surface area contributed by atoms with Crippen molar-refractivity contribution in [2.75, 3.05) is 13.7 Å². The van der Waals surface area contributed by atoms with Gasteiger partial charge >= 0.3 is 5.97 Å². The van der Waals surface area contributed by atoms with Crippen LogP contribution in [0.15, 0.2) is 12.3 Å². The summed E-state index contributed by atoms with van der Waals surface area (Å²) in [6, 6.07) is 2.91. The van der Waals surface area contributed by atoms with Gasteiger partial charge in [-0.2, -0.15) is 5.10 Å². The van der Waals surface area contributed by atoms with Gasteiger partial charge in [-0.25, -0.2) is 14.1 Å². The highest BCUT2D eigenvalue weighted by molar-refractivity contribution is 6.76. The molecule has 9 heteroatoms. The van der Waals surface area contributed by atoms with Crippen LogP contribution in [0.4, 0.5) is 4.39 Å². The van der Waals surface area contributed by atoms with Crippen molar-refractivity contribution in [3.05, 3.63) is 40.6 Å². The summed E-state index contributed by atoms with van der Waals surface area (Å²) in [5.41, 5.74) is 2.61. The first-order valence-corrected chi connectivity index (χ1v) is 13.9. The number of methoxy groups -OCH3 is 1. The number of carbonyl (C=O) groups is 1. The zero-order valence-corrected chi connectivity index (χ0v) is 19.3. The van der Waals surface area contributed by atoms with Crippen molar-refractivity contribution in [3.63, 3.8) is 0 Å². The maximum atomic E-state index is 14.9. The SMILES string of the molecule is COC(=O)C1Cc2c(C)nc(OCc3ccn(COCC[Si](C)(C)C)n3)c(F)c2C1. The van der Waals surface area contributed by atoms with Crippen LogP contribution in [0.1, 0.15) is 22.5 Å². The summed E-state index contributed by atoms with van der Waals surface area (Å²) in [6.07, 6.45) is 2.56. The van der Waals surface area contributed by atoms with Gasteiger partial charge in [0, 0.05) is 26.6 Å². The Morgan fingerprint density at radius 2 is 2.03 bits per heavy atom. The van der Waals surface area contributed by atoms with Gasteiger partial charge < -0.3 is 14.2 Å². The second kappa shape index (κ2) is 9.26. The number of hydrogen-bond acceptors (Lipinski definition) is 6. The molecule has 1 aliphatic carbocycles. The molecule has 1 aliphatic rings. The van der Waals surface area contributed by atoms with Crippen LogP contribution in [0.3, 0.4) is 0 Å². The average Bonchev–Trinajstić information content (AvgIpc) is 3.33. The fraction of sp³-hybridized carbons (Fsp3) is 0.571. The molecule has 0 N–H and O–H groups in total. The Hall–Kier alpha value is -2.26. The highest BCUT2D eigenvalue weighted by Crippen LogP contribution is 2.34. The third-order valence-electron chi connectivity index (χ3n) is 5.23. The van der Waals surface area contributed by atoms with Gasteiger partial charge in [-0.3, -0.25) is 4.79 Å². The van der Waals surface area contributed by atoms with E-state index in [1.807, 2.05) is 12.3 Å². The first-order valence-electron chi connectivity index (χ1n) is 10.2. The Bertz CT molecular complexity index is 910. The van der Waals surface area contributed by atoms with E-state index in [9.17, 15) is 9.18 Å². The molecule has 0 aromatic carbocycles. The number of esters is 1. The number of rotatable bonds is 9. The number of ether oxygens (including phenoxy) is 3. The largest absolute Gasteiger partial charge is 0.469 e. The molecular weight excluding hydrogens is 405 g/mol. The van der Waals surface area contributed by atoms with Crippen molar-refractivity contribution in [2.24, 2.45) is 5.92 Å². The van der Waals surface area contributed by atoms with Crippen molar-refractivity contribution in [3.8, 4) is 5.88 Å². The van der Waals surface area contributed by atoms with E-state index in [2.05, 4.69) is 29.7 Å². The average molecular weight is 436 g/mol. The van der Waals surface area contributed by atoms with Crippen LogP contribution in [-0.4, -0.2) is 42.5 Å². The first-order chi connectivity index (χ1) is 14.2. The lowest BCUT2D eigenvalue weighted by Gasteiger charge is -2.15. The number of carbonyl (C=O) groups excluding carboxylic acids is 1. The molecule has 0 bridgehead atoms. The number of aryl methyl sites for hydroxylation is 1. The van der Waals surface area contributed by atoms with Gasteiger partial charge in [0.1, 0.15) is 13.3 Å². The Labute approximate surface area is 177 Å². The van der Waals surface area contributed by atoms with E-state index in [1.165, 1.54) is 7.11 Å². The molecule has 164 valence electrons. The lowest BCUT2D eigenvalue weighted by Crippen LogP contribution is -2.22. The van der Waals surface area contributed by atoms with E-state index in [0.717, 1.165) is 18.2 Å². The summed E-state index contributed by atoms with van der Waals surface area (Å²) in [4.78, 5) is 16.1. The molecule has 2 aromatic heterocycles. The van der Waals surface area contributed by atoms with Crippen LogP contribution in [0.25, 0.3) is 0 Å². The topological polar surface area (TPSA) is 75.5 Å². The van der Waals surface area contributed by atoms with Gasteiger partial charge in [0.15, 0.2) is 5.82 Å². The number of nitrogens with zero attached hydrogens (tertiary/aromatic N) is 3. The van der Waals surface area contributed by atoms with E-state index in [0.29, 0.717) is 36.5 Å². The number of hydrogen-bond donors (Lipinski definition) is 0. The van der Waals surface area contributed by atoms with E-state index >= 15 is 0 Å². The number of pyridine rings is 1. The van der Waals surface area contributed by atoms with Crippen molar-refractivity contribution < 1.29 is 23.4 Å². The number of fused-ring (bicyclic) bond motifs is 1. The Morgan fingerprint density at radius 3 is 2.73 bits per heavy atom. The fourth-order valence-corrected chi connectivity index (χ4v) is 4.21. The summed E-state index contributed by atoms with van der Waals surface area (Å²) < 4.78 is 32.7. The van der Waals surface area contributed by atoms with E-state index in [4.69, 9.17) is 14.2 Å². The second-order valence-electron chi connectivity index (χ2n) is 8.89. The minimum Gasteiger partial charge on any atom is -0.469 e. The molecule has 1 atom stereocenters. The zero-order chi connectivity index (χ0) is 21.9. The normalized spacial score (nSPS) is 15.9. The molecule has 0 saturated heterocycles. The van der Waals surface area contributed by atoms with Crippen LogP contribution >= 0.6 is 0 Å². The molecule has 0 amide bonds. The molecule has 2 heterocycles. The summed E-state index contributed by atoms with van der Waals surface area (Å²) in [5.74, 6) is -1.26. The van der Waals surface area contributed by atoms with E-state index in [1.54, 1.807) is 11.6 Å². The maximum Gasteiger partial charge on any atom is 0.309 e. The van der Waals surface area contributed by atoms with E-state index in [-0.39, 0.29) is 24.4 Å². The smallest absolute Gasteiger partial charge is 0.309 e. The molecule has 7 nitrogen and oxygen atoms in total. The quantitative estimate of drug-likeness (QED) is 0.341. The molecule has 2 aromatic rings. The van der Waals surface area contributed by atoms with Crippen molar-refractivity contribution in [2.45, 2.75) is 58.8 Å². The molecule has 1 unspecified atom stereocenters. The lowest BCUT2D eigenvalue weighted by molar-refractivity contribution is -0.145. The summed E-state index contributed by atoms with van der Waals surface area (Å²) in [6.45, 7) is 9.93. The highest BCUT2D eigenvalue weighted by atomic mass is 28.3. The van der Waals surface area contributed by atoms with Gasteiger partial charge in [-0.15, -0.1) is 0 Å². The van der Waals surface area contributed by atoms with Crippen molar-refractivity contribution in [1.29, 1.82) is 0 Å². The fourth-order valence-electron chi connectivity index (χ4n) is 3.46. The molecule has 0 fully saturated rings. The van der Waals surface area contributed by atoms with Gasteiger partial charge in [0.25, 0.3) is 5.88 Å². The van der Waals surface area contributed by atoms with Gasteiger partial charge in [-0.05, 0) is 43.0 Å². The molecule has 30 heavy (non-hydrogen) atoms. The standard InChI is InChI=1S/C21H30FN3O4Si/c1-14-17-10-15(21(26)27-2)11-18(17)19(22)20(23-14)29-12-16-6-7-25(24-16)13-28-8-9-30(3,4)5/h6-7,15H,8-13H2,1-5H3. The third-order valence-corrected chi connectivity index (χ3v) is 6.94. The van der Waals surface area contributed by atoms with Gasteiger partial charge in [-0.1, -0.05) is 19.6 Å². The minimum absolute atomic E-state index is 0.0577. The second-order valence-corrected chi connectivity index (χ2v) is 14.5. The number of halogens is 1. The summed E-state index contributed by atoms with van der Waals surface area (Å²) >= 11 is 0. The summed E-state index contributed by atoms with van der Waals surface area (Å²) in [5, 5.41) is 4.40. The van der Waals surface area contributed by atoms with Crippen LogP contribution in [0, 0.1) is 18.7 Å². The van der Waals surface area contributed by atoms with E-state index < -0.39 is 13.9 Å². The monoisotopic (exact) mass is 435 g/mol. The Balaban J connectivity index is 1.58. The molecular formula is C21H30FN3O4Si. The van der Waals surface area contributed by atoms with Crippen molar-refractivity contribution in [1.82, 2.24) is 14.8 Å². The third kappa shape index (κ3) is 5.45. The molecule has 0 saturated carbocycles. The van der Waals surface area contributed by atoms with Gasteiger partial charge in [0.2, 0.25) is 0 Å². The zero-order valence-electron chi connectivity index (χ0n) is 18.3. The lowest BCUT2D eigenvalue weighted by atomic mass is 10.1. The van der Waals surface area contributed by atoms with Crippen LogP contribution in [-0.2, 0) is 40.4 Å². The van der Waals surface area contributed by atoms with Crippen LogP contribution < -0.4 is 4.74 Å². The molecule has 0 aliphatic heterocycles.